The largest absolute Gasteiger partial charge is 0.360 e. The Bertz CT molecular complexity index is 599. The van der Waals surface area contributed by atoms with E-state index in [0.717, 1.165) is 12.2 Å². The van der Waals surface area contributed by atoms with Crippen LogP contribution in [-0.4, -0.2) is 20.9 Å². The predicted octanol–water partition coefficient (Wildman–Crippen LogP) is 2.69. The maximum Gasteiger partial charge on any atom is 0.171 e. The van der Waals surface area contributed by atoms with E-state index in [0.29, 0.717) is 11.2 Å². The number of rotatable bonds is 4. The van der Waals surface area contributed by atoms with Crippen molar-refractivity contribution < 1.29 is 0 Å². The van der Waals surface area contributed by atoms with Gasteiger partial charge in [-0.15, -0.1) is 0 Å². The van der Waals surface area contributed by atoms with Crippen LogP contribution < -0.4 is 10.6 Å². The molecule has 1 aliphatic carbocycles. The lowest BCUT2D eigenvalue weighted by atomic mass is 10.1. The molecule has 0 unspecified atom stereocenters. The zero-order valence-corrected chi connectivity index (χ0v) is 12.3. The van der Waals surface area contributed by atoms with E-state index in [1.807, 2.05) is 10.9 Å². The molecule has 0 aliphatic heterocycles. The lowest BCUT2D eigenvalue weighted by Gasteiger charge is -2.06. The van der Waals surface area contributed by atoms with Gasteiger partial charge in [-0.25, -0.2) is 0 Å². The second-order valence-corrected chi connectivity index (χ2v) is 5.69. The summed E-state index contributed by atoms with van der Waals surface area (Å²) in [5.41, 5.74) is 3.44. The summed E-state index contributed by atoms with van der Waals surface area (Å²) in [5.74, 6) is 0. The van der Waals surface area contributed by atoms with Crippen LogP contribution in [0.4, 0.5) is 5.69 Å². The minimum atomic E-state index is 0.567. The number of nitrogens with zero attached hydrogens (tertiary/aromatic N) is 2. The highest BCUT2D eigenvalue weighted by Crippen LogP contribution is 2.18. The van der Waals surface area contributed by atoms with E-state index in [9.17, 15) is 0 Å². The Morgan fingerprint density at radius 2 is 2.10 bits per heavy atom. The second-order valence-electron chi connectivity index (χ2n) is 5.28. The van der Waals surface area contributed by atoms with Gasteiger partial charge < -0.3 is 10.6 Å². The van der Waals surface area contributed by atoms with Crippen LogP contribution in [-0.2, 0) is 6.54 Å². The normalized spacial score (nSPS) is 14.1. The first-order chi connectivity index (χ1) is 9.69. The molecule has 5 heteroatoms. The summed E-state index contributed by atoms with van der Waals surface area (Å²) >= 11 is 5.25. The Morgan fingerprint density at radius 1 is 1.35 bits per heavy atom. The average Bonchev–Trinajstić information content (AvgIpc) is 3.12. The molecule has 0 bridgehead atoms. The molecule has 1 aromatic heterocycles. The lowest BCUT2D eigenvalue weighted by molar-refractivity contribution is 0.687. The maximum absolute atomic E-state index is 5.25. The number of nitrogens with one attached hydrogen (secondary N) is 2. The summed E-state index contributed by atoms with van der Waals surface area (Å²) in [4.78, 5) is 0. The molecule has 1 fully saturated rings. The van der Waals surface area contributed by atoms with Gasteiger partial charge in [0.1, 0.15) is 0 Å². The van der Waals surface area contributed by atoms with Crippen LogP contribution >= 0.6 is 12.2 Å². The Labute approximate surface area is 124 Å². The first-order valence-electron chi connectivity index (χ1n) is 6.84. The Kier molecular flexibility index (Phi) is 3.69. The molecular formula is C15H18N4S. The quantitative estimate of drug-likeness (QED) is 0.848. The highest BCUT2D eigenvalue weighted by molar-refractivity contribution is 7.80. The molecule has 1 heterocycles. The second kappa shape index (κ2) is 5.63. The van der Waals surface area contributed by atoms with Crippen molar-refractivity contribution in [3.05, 3.63) is 47.8 Å². The van der Waals surface area contributed by atoms with Crippen molar-refractivity contribution in [1.82, 2.24) is 15.1 Å². The van der Waals surface area contributed by atoms with Crippen LogP contribution in [0.1, 0.15) is 24.0 Å². The highest BCUT2D eigenvalue weighted by atomic mass is 32.1. The fourth-order valence-electron chi connectivity index (χ4n) is 1.98. The molecule has 1 aromatic carbocycles. The summed E-state index contributed by atoms with van der Waals surface area (Å²) in [7, 11) is 0. The minimum absolute atomic E-state index is 0.567. The van der Waals surface area contributed by atoms with E-state index in [-0.39, 0.29) is 0 Å². The number of hydrogen-bond acceptors (Lipinski definition) is 2. The SMILES string of the molecule is Cc1ccc(Cn2cc(NC(=S)NC3CC3)cn2)cc1. The molecule has 1 aliphatic rings. The van der Waals surface area contributed by atoms with Crippen LogP contribution in [0, 0.1) is 6.92 Å². The van der Waals surface area contributed by atoms with Crippen molar-refractivity contribution in [3.63, 3.8) is 0 Å². The average molecular weight is 286 g/mol. The van der Waals surface area contributed by atoms with E-state index in [2.05, 4.69) is 46.9 Å². The monoisotopic (exact) mass is 286 g/mol. The van der Waals surface area contributed by atoms with Gasteiger partial charge in [0.25, 0.3) is 0 Å². The maximum atomic E-state index is 5.25. The van der Waals surface area contributed by atoms with E-state index >= 15 is 0 Å². The summed E-state index contributed by atoms with van der Waals surface area (Å²) in [6.45, 7) is 2.86. The van der Waals surface area contributed by atoms with Crippen molar-refractivity contribution in [1.29, 1.82) is 0 Å². The minimum Gasteiger partial charge on any atom is -0.360 e. The van der Waals surface area contributed by atoms with Gasteiger partial charge in [0.2, 0.25) is 0 Å². The fourth-order valence-corrected chi connectivity index (χ4v) is 2.26. The van der Waals surface area contributed by atoms with Crippen LogP contribution in [0.3, 0.4) is 0 Å². The van der Waals surface area contributed by atoms with Crippen LogP contribution in [0.2, 0.25) is 0 Å². The first-order valence-corrected chi connectivity index (χ1v) is 7.25. The number of anilines is 1. The summed E-state index contributed by atoms with van der Waals surface area (Å²) in [6.07, 6.45) is 6.21. The third kappa shape index (κ3) is 3.57. The molecule has 0 radical (unpaired) electrons. The highest BCUT2D eigenvalue weighted by Gasteiger charge is 2.21. The van der Waals surface area contributed by atoms with Crippen LogP contribution in [0.15, 0.2) is 36.7 Å². The van der Waals surface area contributed by atoms with Gasteiger partial charge in [-0.2, -0.15) is 5.10 Å². The van der Waals surface area contributed by atoms with Gasteiger partial charge in [0, 0.05) is 12.2 Å². The molecule has 2 N–H and O–H groups in total. The van der Waals surface area contributed by atoms with Crippen LogP contribution in [0.5, 0.6) is 0 Å². The molecule has 20 heavy (non-hydrogen) atoms. The molecule has 4 nitrogen and oxygen atoms in total. The fraction of sp³-hybridized carbons (Fsp3) is 0.333. The number of hydrogen-bond donors (Lipinski definition) is 2. The van der Waals surface area contributed by atoms with Crippen molar-refractivity contribution >= 4 is 23.0 Å². The molecule has 0 saturated heterocycles. The molecule has 0 atom stereocenters. The zero-order chi connectivity index (χ0) is 13.9. The number of aromatic nitrogens is 2. The van der Waals surface area contributed by atoms with Crippen molar-refractivity contribution in [3.8, 4) is 0 Å². The first kappa shape index (κ1) is 13.1. The molecule has 104 valence electrons. The smallest absolute Gasteiger partial charge is 0.171 e. The van der Waals surface area contributed by atoms with Gasteiger partial charge in [0.15, 0.2) is 5.11 Å². The predicted molar refractivity (Wildman–Crippen MR) is 84.9 cm³/mol. The Balaban J connectivity index is 1.58. The van der Waals surface area contributed by atoms with E-state index in [4.69, 9.17) is 12.2 Å². The number of benzene rings is 1. The third-order valence-corrected chi connectivity index (χ3v) is 3.49. The standard InChI is InChI=1S/C15H18N4S/c1-11-2-4-12(5-3-11)9-19-10-14(8-16-19)18-15(20)17-13-6-7-13/h2-5,8,10,13H,6-7,9H2,1H3,(H2,17,18,20). The molecule has 2 aromatic rings. The molecule has 3 rings (SSSR count). The number of thiocarbonyl (C=S) groups is 1. The summed E-state index contributed by atoms with van der Waals surface area (Å²) in [6, 6.07) is 9.06. The molecule has 0 spiro atoms. The van der Waals surface area contributed by atoms with Gasteiger partial charge in [-0.1, -0.05) is 29.8 Å². The third-order valence-electron chi connectivity index (χ3n) is 3.27. The van der Waals surface area contributed by atoms with E-state index in [1.165, 1.54) is 24.0 Å². The molecule has 1 saturated carbocycles. The van der Waals surface area contributed by atoms with E-state index < -0.39 is 0 Å². The topological polar surface area (TPSA) is 41.9 Å². The van der Waals surface area contributed by atoms with Gasteiger partial charge in [-0.3, -0.25) is 4.68 Å². The summed E-state index contributed by atoms with van der Waals surface area (Å²) in [5, 5.41) is 11.4. The molecule has 0 amide bonds. The molecular weight excluding hydrogens is 268 g/mol. The van der Waals surface area contributed by atoms with Gasteiger partial charge in [0.05, 0.1) is 18.4 Å². The van der Waals surface area contributed by atoms with E-state index in [1.54, 1.807) is 6.20 Å². The van der Waals surface area contributed by atoms with Crippen LogP contribution in [0.25, 0.3) is 0 Å². The Hall–Kier alpha value is -1.88. The van der Waals surface area contributed by atoms with Crippen molar-refractivity contribution in [2.45, 2.75) is 32.4 Å². The van der Waals surface area contributed by atoms with Crippen molar-refractivity contribution in [2.24, 2.45) is 0 Å². The van der Waals surface area contributed by atoms with Crippen molar-refractivity contribution in [2.75, 3.05) is 5.32 Å². The van der Waals surface area contributed by atoms with Gasteiger partial charge >= 0.3 is 0 Å². The number of aryl methyl sites for hydroxylation is 1. The zero-order valence-electron chi connectivity index (χ0n) is 11.5. The van der Waals surface area contributed by atoms with Gasteiger partial charge in [-0.05, 0) is 37.5 Å². The Morgan fingerprint density at radius 3 is 2.80 bits per heavy atom. The lowest BCUT2D eigenvalue weighted by Crippen LogP contribution is -2.29. The summed E-state index contributed by atoms with van der Waals surface area (Å²) < 4.78 is 1.91.